The topological polar surface area (TPSA) is 90.9 Å². The Kier molecular flexibility index (Phi) is 5.46. The average molecular weight is 390 g/mol. The first-order chi connectivity index (χ1) is 13.2. The molecule has 0 aliphatic carbocycles. The molecule has 3 N–H and O–H groups in total. The number of aromatic nitrogens is 3. The lowest BCUT2D eigenvalue weighted by Gasteiger charge is -2.17. The highest BCUT2D eigenvalue weighted by atomic mass is 19.4. The van der Waals surface area contributed by atoms with Crippen LogP contribution in [0.1, 0.15) is 33.3 Å². The third kappa shape index (κ3) is 4.55. The van der Waals surface area contributed by atoms with Crippen molar-refractivity contribution in [3.63, 3.8) is 0 Å². The maximum atomic E-state index is 13.0. The van der Waals surface area contributed by atoms with Gasteiger partial charge in [-0.05, 0) is 48.4 Å². The summed E-state index contributed by atoms with van der Waals surface area (Å²) >= 11 is 0. The van der Waals surface area contributed by atoms with Gasteiger partial charge in [-0.15, -0.1) is 0 Å². The van der Waals surface area contributed by atoms with Gasteiger partial charge in [0.15, 0.2) is 6.10 Å². The number of pyridine rings is 1. The van der Waals surface area contributed by atoms with E-state index in [4.69, 9.17) is 0 Å². The Hall–Kier alpha value is -3.20. The first kappa shape index (κ1) is 19.6. The SMILES string of the molecule is Cc1ccc(-c2cc(C(=O)NCc3ccn[nH]3)cc(C(O)C(F)(F)F)c2)nc1. The normalized spacial score (nSPS) is 12.6. The largest absolute Gasteiger partial charge is 0.418 e. The number of aliphatic hydroxyl groups excluding tert-OH is 1. The van der Waals surface area contributed by atoms with Crippen LogP contribution in [-0.4, -0.2) is 32.4 Å². The Morgan fingerprint density at radius 3 is 2.64 bits per heavy atom. The zero-order valence-corrected chi connectivity index (χ0v) is 14.8. The molecule has 0 aliphatic rings. The fourth-order valence-corrected chi connectivity index (χ4v) is 2.58. The molecule has 1 atom stereocenters. The number of rotatable bonds is 5. The van der Waals surface area contributed by atoms with Crippen LogP contribution in [0.2, 0.25) is 0 Å². The van der Waals surface area contributed by atoms with Crippen molar-refractivity contribution in [2.24, 2.45) is 0 Å². The summed E-state index contributed by atoms with van der Waals surface area (Å²) in [4.78, 5) is 16.7. The molecule has 0 spiro atoms. The molecule has 6 nitrogen and oxygen atoms in total. The molecule has 2 heterocycles. The quantitative estimate of drug-likeness (QED) is 0.623. The number of carbonyl (C=O) groups excluding carboxylic acids is 1. The summed E-state index contributed by atoms with van der Waals surface area (Å²) in [5.74, 6) is -0.584. The highest BCUT2D eigenvalue weighted by Gasteiger charge is 2.39. The number of amides is 1. The van der Waals surface area contributed by atoms with Gasteiger partial charge in [-0.2, -0.15) is 18.3 Å². The number of H-pyrrole nitrogens is 1. The summed E-state index contributed by atoms with van der Waals surface area (Å²) < 4.78 is 39.0. The molecule has 1 aromatic carbocycles. The number of hydrogen-bond acceptors (Lipinski definition) is 4. The fourth-order valence-electron chi connectivity index (χ4n) is 2.58. The van der Waals surface area contributed by atoms with E-state index in [9.17, 15) is 23.1 Å². The van der Waals surface area contributed by atoms with Crippen LogP contribution in [0.4, 0.5) is 13.2 Å². The number of hydrogen-bond donors (Lipinski definition) is 3. The molecule has 28 heavy (non-hydrogen) atoms. The number of carbonyl (C=O) groups is 1. The molecule has 0 fully saturated rings. The van der Waals surface area contributed by atoms with Crippen molar-refractivity contribution in [3.8, 4) is 11.3 Å². The van der Waals surface area contributed by atoms with E-state index < -0.39 is 23.8 Å². The number of halogens is 3. The minimum absolute atomic E-state index is 0.0160. The van der Waals surface area contributed by atoms with Gasteiger partial charge in [0.1, 0.15) is 0 Å². The zero-order valence-electron chi connectivity index (χ0n) is 14.8. The van der Waals surface area contributed by atoms with Gasteiger partial charge in [0, 0.05) is 23.5 Å². The molecule has 146 valence electrons. The third-order valence-electron chi connectivity index (χ3n) is 4.05. The van der Waals surface area contributed by atoms with Gasteiger partial charge < -0.3 is 10.4 Å². The summed E-state index contributed by atoms with van der Waals surface area (Å²) in [6.45, 7) is 1.96. The number of alkyl halides is 3. The van der Waals surface area contributed by atoms with E-state index >= 15 is 0 Å². The number of nitrogens with one attached hydrogen (secondary N) is 2. The van der Waals surface area contributed by atoms with Crippen LogP contribution < -0.4 is 5.32 Å². The molecule has 2 aromatic heterocycles. The number of aryl methyl sites for hydroxylation is 1. The van der Waals surface area contributed by atoms with Crippen molar-refractivity contribution in [1.82, 2.24) is 20.5 Å². The van der Waals surface area contributed by atoms with Crippen LogP contribution in [0.25, 0.3) is 11.3 Å². The van der Waals surface area contributed by atoms with Crippen molar-refractivity contribution in [2.75, 3.05) is 0 Å². The molecule has 3 aromatic rings. The second-order valence-corrected chi connectivity index (χ2v) is 6.27. The minimum Gasteiger partial charge on any atom is -0.379 e. The standard InChI is InChI=1S/C19H17F3N4O2/c1-11-2-3-16(23-9-11)12-6-13(17(27)19(20,21)22)8-14(7-12)18(28)24-10-15-4-5-25-26-15/h2-9,17,27H,10H2,1H3,(H,24,28)(H,25,26). The lowest BCUT2D eigenvalue weighted by atomic mass is 9.99. The highest BCUT2D eigenvalue weighted by molar-refractivity contribution is 5.95. The summed E-state index contributed by atoms with van der Waals surface area (Å²) in [6, 6.07) is 8.70. The van der Waals surface area contributed by atoms with Crippen molar-refractivity contribution in [1.29, 1.82) is 0 Å². The van der Waals surface area contributed by atoms with E-state index in [1.54, 1.807) is 24.4 Å². The van der Waals surface area contributed by atoms with Crippen LogP contribution in [0.15, 0.2) is 48.8 Å². The van der Waals surface area contributed by atoms with Crippen LogP contribution in [0.5, 0.6) is 0 Å². The molecule has 0 aliphatic heterocycles. The molecule has 9 heteroatoms. The van der Waals surface area contributed by atoms with Gasteiger partial charge in [-0.3, -0.25) is 14.9 Å². The van der Waals surface area contributed by atoms with E-state index in [-0.39, 0.29) is 12.1 Å². The maximum absolute atomic E-state index is 13.0. The van der Waals surface area contributed by atoms with Gasteiger partial charge >= 0.3 is 6.18 Å². The Morgan fingerprint density at radius 1 is 1.25 bits per heavy atom. The van der Waals surface area contributed by atoms with E-state index in [1.807, 2.05) is 6.92 Å². The van der Waals surface area contributed by atoms with Gasteiger partial charge in [-0.1, -0.05) is 6.07 Å². The molecule has 1 unspecified atom stereocenters. The van der Waals surface area contributed by atoms with E-state index in [0.717, 1.165) is 11.6 Å². The third-order valence-corrected chi connectivity index (χ3v) is 4.05. The minimum atomic E-state index is -4.86. The van der Waals surface area contributed by atoms with Crippen molar-refractivity contribution >= 4 is 5.91 Å². The summed E-state index contributed by atoms with van der Waals surface area (Å²) in [5.41, 5.74) is 1.77. The summed E-state index contributed by atoms with van der Waals surface area (Å²) in [6.07, 6.45) is -4.48. The number of aromatic amines is 1. The lowest BCUT2D eigenvalue weighted by Crippen LogP contribution is -2.24. The first-order valence-electron chi connectivity index (χ1n) is 8.33. The first-order valence-corrected chi connectivity index (χ1v) is 8.33. The van der Waals surface area contributed by atoms with Gasteiger partial charge in [0.05, 0.1) is 17.9 Å². The van der Waals surface area contributed by atoms with Crippen molar-refractivity contribution in [2.45, 2.75) is 25.7 Å². The Labute approximate surface area is 158 Å². The smallest absolute Gasteiger partial charge is 0.379 e. The highest BCUT2D eigenvalue weighted by Crippen LogP contribution is 2.34. The molecule has 0 saturated heterocycles. The van der Waals surface area contributed by atoms with Crippen LogP contribution in [0.3, 0.4) is 0 Å². The van der Waals surface area contributed by atoms with Gasteiger partial charge in [-0.25, -0.2) is 0 Å². The van der Waals surface area contributed by atoms with Gasteiger partial charge in [0.2, 0.25) is 0 Å². The van der Waals surface area contributed by atoms with Crippen molar-refractivity contribution in [3.05, 3.63) is 71.2 Å². The second kappa shape index (κ2) is 7.81. The lowest BCUT2D eigenvalue weighted by molar-refractivity contribution is -0.206. The molecule has 1 amide bonds. The van der Waals surface area contributed by atoms with Gasteiger partial charge in [0.25, 0.3) is 5.91 Å². The summed E-state index contributed by atoms with van der Waals surface area (Å²) in [5, 5.41) is 18.7. The van der Waals surface area contributed by atoms with Crippen molar-refractivity contribution < 1.29 is 23.1 Å². The number of nitrogens with zero attached hydrogens (tertiary/aromatic N) is 2. The predicted octanol–water partition coefficient (Wildman–Crippen LogP) is 3.31. The van der Waals surface area contributed by atoms with Crippen LogP contribution in [-0.2, 0) is 6.54 Å². The van der Waals surface area contributed by atoms with Crippen LogP contribution in [0, 0.1) is 6.92 Å². The second-order valence-electron chi connectivity index (χ2n) is 6.27. The molecular weight excluding hydrogens is 373 g/mol. The summed E-state index contributed by atoms with van der Waals surface area (Å²) in [7, 11) is 0. The Balaban J connectivity index is 1.96. The Morgan fingerprint density at radius 2 is 2.04 bits per heavy atom. The fraction of sp³-hybridized carbons (Fsp3) is 0.211. The molecule has 0 saturated carbocycles. The van der Waals surface area contributed by atoms with Crippen LogP contribution >= 0.6 is 0 Å². The predicted molar refractivity (Wildman–Crippen MR) is 95.2 cm³/mol. The molecular formula is C19H17F3N4O2. The number of benzene rings is 1. The van der Waals surface area contributed by atoms with E-state index in [1.165, 1.54) is 18.3 Å². The Bertz CT molecular complexity index is 954. The zero-order chi connectivity index (χ0) is 20.3. The van der Waals surface area contributed by atoms with E-state index in [2.05, 4.69) is 20.5 Å². The monoisotopic (exact) mass is 390 g/mol. The van der Waals surface area contributed by atoms with E-state index in [0.29, 0.717) is 17.0 Å². The average Bonchev–Trinajstić information content (AvgIpc) is 3.18. The molecule has 0 radical (unpaired) electrons. The molecule has 3 rings (SSSR count). The molecule has 0 bridgehead atoms. The number of aliphatic hydroxyl groups is 1. The maximum Gasteiger partial charge on any atom is 0.418 e.